The number of carbonyl (C=O) groups is 1. The fraction of sp³-hybridized carbons (Fsp3) is 0.588. The molecule has 20 heavy (non-hydrogen) atoms. The quantitative estimate of drug-likeness (QED) is 0.703. The first-order chi connectivity index (χ1) is 9.48. The summed E-state index contributed by atoms with van der Waals surface area (Å²) in [4.78, 5) is 13.0. The van der Waals surface area contributed by atoms with Crippen molar-refractivity contribution in [2.45, 2.75) is 46.0 Å². The summed E-state index contributed by atoms with van der Waals surface area (Å²) in [6.45, 7) is 4.38. The summed E-state index contributed by atoms with van der Waals surface area (Å²) in [5.41, 5.74) is 0.557. The van der Waals surface area contributed by atoms with Gasteiger partial charge in [-0.1, -0.05) is 38.3 Å². The Kier molecular flexibility index (Phi) is 4.74. The maximum Gasteiger partial charge on any atom is 0.169 e. The Morgan fingerprint density at radius 3 is 2.55 bits per heavy atom. The third-order valence-corrected chi connectivity index (χ3v) is 4.57. The van der Waals surface area contributed by atoms with Gasteiger partial charge in [0.05, 0.1) is 12.1 Å². The Morgan fingerprint density at radius 1 is 1.35 bits per heavy atom. The maximum atomic E-state index is 13.0. The molecule has 0 bridgehead atoms. The van der Waals surface area contributed by atoms with E-state index >= 15 is 0 Å². The molecular formula is C17H23ClO2. The van der Waals surface area contributed by atoms with Crippen LogP contribution in [0.3, 0.4) is 0 Å². The Bertz CT molecular complexity index is 488. The van der Waals surface area contributed by atoms with Crippen molar-refractivity contribution in [2.75, 3.05) is 7.11 Å². The summed E-state index contributed by atoms with van der Waals surface area (Å²) in [6.07, 6.45) is 5.30. The molecule has 1 aromatic rings. The number of ketones is 1. The first kappa shape index (κ1) is 15.4. The van der Waals surface area contributed by atoms with E-state index in [1.54, 1.807) is 19.2 Å². The summed E-state index contributed by atoms with van der Waals surface area (Å²) in [6, 6.07) is 5.37. The normalized spacial score (nSPS) is 17.4. The number of carbonyl (C=O) groups excluding carboxylic acids is 1. The van der Waals surface area contributed by atoms with Crippen molar-refractivity contribution in [2.24, 2.45) is 11.3 Å². The van der Waals surface area contributed by atoms with E-state index in [1.165, 1.54) is 0 Å². The van der Waals surface area contributed by atoms with Gasteiger partial charge in [-0.15, -0.1) is 0 Å². The van der Waals surface area contributed by atoms with Gasteiger partial charge in [0.2, 0.25) is 0 Å². The minimum absolute atomic E-state index is 0.174. The van der Waals surface area contributed by atoms with E-state index in [1.807, 2.05) is 6.07 Å². The molecule has 0 spiro atoms. The molecule has 0 unspecified atom stereocenters. The van der Waals surface area contributed by atoms with Gasteiger partial charge in [-0.25, -0.2) is 0 Å². The minimum Gasteiger partial charge on any atom is -0.495 e. The van der Waals surface area contributed by atoms with Crippen molar-refractivity contribution in [3.8, 4) is 5.75 Å². The van der Waals surface area contributed by atoms with Gasteiger partial charge in [-0.05, 0) is 43.4 Å². The highest BCUT2D eigenvalue weighted by Gasteiger charge is 2.41. The third kappa shape index (κ3) is 3.01. The van der Waals surface area contributed by atoms with Crippen LogP contribution in [0.1, 0.15) is 56.3 Å². The lowest BCUT2D eigenvalue weighted by Crippen LogP contribution is -2.30. The second kappa shape index (κ2) is 6.17. The number of halogens is 1. The zero-order valence-electron chi connectivity index (χ0n) is 12.5. The van der Waals surface area contributed by atoms with Crippen LogP contribution in [-0.2, 0) is 0 Å². The Balaban J connectivity index is 2.32. The van der Waals surface area contributed by atoms with Gasteiger partial charge in [0, 0.05) is 11.0 Å². The van der Waals surface area contributed by atoms with E-state index in [-0.39, 0.29) is 11.2 Å². The van der Waals surface area contributed by atoms with Crippen molar-refractivity contribution in [3.63, 3.8) is 0 Å². The smallest absolute Gasteiger partial charge is 0.169 e. The van der Waals surface area contributed by atoms with Crippen molar-refractivity contribution in [1.29, 1.82) is 0 Å². The summed E-state index contributed by atoms with van der Waals surface area (Å²) in [7, 11) is 1.58. The van der Waals surface area contributed by atoms with Crippen LogP contribution in [0.25, 0.3) is 0 Å². The standard InChI is InChI=1S/C17H23ClO2/c1-12(2)11-17(8-4-5-9-17)16(19)13-6-7-14(18)15(10-13)20-3/h6-7,10,12H,4-5,8-9,11H2,1-3H3. The monoisotopic (exact) mass is 294 g/mol. The van der Waals surface area contributed by atoms with Crippen molar-refractivity contribution in [3.05, 3.63) is 28.8 Å². The van der Waals surface area contributed by atoms with Crippen LogP contribution < -0.4 is 4.74 Å². The molecule has 2 rings (SSSR count). The molecule has 1 aromatic carbocycles. The number of benzene rings is 1. The molecule has 0 radical (unpaired) electrons. The van der Waals surface area contributed by atoms with E-state index < -0.39 is 0 Å². The molecule has 1 fully saturated rings. The molecule has 1 aliphatic carbocycles. The number of hydrogen-bond donors (Lipinski definition) is 0. The van der Waals surface area contributed by atoms with Gasteiger partial charge < -0.3 is 4.74 Å². The molecule has 0 aromatic heterocycles. The van der Waals surface area contributed by atoms with E-state index in [4.69, 9.17) is 16.3 Å². The Labute approximate surface area is 126 Å². The van der Waals surface area contributed by atoms with E-state index in [2.05, 4.69) is 13.8 Å². The average Bonchev–Trinajstić information content (AvgIpc) is 2.87. The third-order valence-electron chi connectivity index (χ3n) is 4.25. The van der Waals surface area contributed by atoms with E-state index in [9.17, 15) is 4.79 Å². The Hall–Kier alpha value is -1.02. The molecular weight excluding hydrogens is 272 g/mol. The van der Waals surface area contributed by atoms with Gasteiger partial charge in [0.25, 0.3) is 0 Å². The Morgan fingerprint density at radius 2 is 2.00 bits per heavy atom. The highest BCUT2D eigenvalue weighted by atomic mass is 35.5. The molecule has 110 valence electrons. The molecule has 0 heterocycles. The van der Waals surface area contributed by atoms with Crippen LogP contribution in [0.4, 0.5) is 0 Å². The summed E-state index contributed by atoms with van der Waals surface area (Å²) in [5, 5.41) is 0.549. The number of ether oxygens (including phenoxy) is 1. The lowest BCUT2D eigenvalue weighted by molar-refractivity contribution is 0.0759. The number of rotatable bonds is 5. The van der Waals surface area contributed by atoms with Crippen LogP contribution in [0.15, 0.2) is 18.2 Å². The SMILES string of the molecule is COc1cc(C(=O)C2(CC(C)C)CCCC2)ccc1Cl. The van der Waals surface area contributed by atoms with Crippen LogP contribution in [-0.4, -0.2) is 12.9 Å². The molecule has 1 saturated carbocycles. The molecule has 0 atom stereocenters. The van der Waals surface area contributed by atoms with E-state index in [0.29, 0.717) is 16.7 Å². The second-order valence-corrected chi connectivity index (χ2v) is 6.67. The zero-order valence-corrected chi connectivity index (χ0v) is 13.3. The van der Waals surface area contributed by atoms with E-state index in [0.717, 1.165) is 37.7 Å². The second-order valence-electron chi connectivity index (χ2n) is 6.26. The molecule has 1 aliphatic rings. The molecule has 3 heteroatoms. The van der Waals surface area contributed by atoms with Crippen LogP contribution in [0.2, 0.25) is 5.02 Å². The maximum absolute atomic E-state index is 13.0. The van der Waals surface area contributed by atoms with Gasteiger partial charge >= 0.3 is 0 Å². The topological polar surface area (TPSA) is 26.3 Å². The largest absolute Gasteiger partial charge is 0.495 e. The average molecular weight is 295 g/mol. The fourth-order valence-corrected chi connectivity index (χ4v) is 3.66. The highest BCUT2D eigenvalue weighted by molar-refractivity contribution is 6.32. The van der Waals surface area contributed by atoms with Crippen molar-refractivity contribution < 1.29 is 9.53 Å². The first-order valence-electron chi connectivity index (χ1n) is 7.37. The van der Waals surface area contributed by atoms with Crippen LogP contribution in [0, 0.1) is 11.3 Å². The first-order valence-corrected chi connectivity index (χ1v) is 7.75. The van der Waals surface area contributed by atoms with Crippen molar-refractivity contribution >= 4 is 17.4 Å². The molecule has 0 amide bonds. The molecule has 2 nitrogen and oxygen atoms in total. The highest BCUT2D eigenvalue weighted by Crippen LogP contribution is 2.46. The lowest BCUT2D eigenvalue weighted by Gasteiger charge is -2.29. The van der Waals surface area contributed by atoms with Crippen LogP contribution in [0.5, 0.6) is 5.75 Å². The zero-order chi connectivity index (χ0) is 14.8. The fourth-order valence-electron chi connectivity index (χ4n) is 3.46. The van der Waals surface area contributed by atoms with Gasteiger partial charge in [-0.3, -0.25) is 4.79 Å². The molecule has 0 N–H and O–H groups in total. The summed E-state index contributed by atoms with van der Waals surface area (Å²) < 4.78 is 5.23. The minimum atomic E-state index is -0.174. The lowest BCUT2D eigenvalue weighted by atomic mass is 9.73. The predicted molar refractivity (Wildman–Crippen MR) is 82.7 cm³/mol. The number of hydrogen-bond acceptors (Lipinski definition) is 2. The molecule has 0 saturated heterocycles. The number of methoxy groups -OCH3 is 1. The van der Waals surface area contributed by atoms with Gasteiger partial charge in [0.1, 0.15) is 5.75 Å². The van der Waals surface area contributed by atoms with Crippen molar-refractivity contribution in [1.82, 2.24) is 0 Å². The number of Topliss-reactive ketones (excluding diaryl/α,β-unsaturated/α-hetero) is 1. The summed E-state index contributed by atoms with van der Waals surface area (Å²) in [5.74, 6) is 1.38. The summed E-state index contributed by atoms with van der Waals surface area (Å²) >= 11 is 6.04. The molecule has 0 aliphatic heterocycles. The predicted octanol–water partition coefficient (Wildman–Crippen LogP) is 5.14. The van der Waals surface area contributed by atoms with Gasteiger partial charge in [-0.2, -0.15) is 0 Å². The van der Waals surface area contributed by atoms with Gasteiger partial charge in [0.15, 0.2) is 5.78 Å². The van der Waals surface area contributed by atoms with Crippen LogP contribution >= 0.6 is 11.6 Å².